The molecule has 2 atom stereocenters. The van der Waals surface area contributed by atoms with Crippen molar-refractivity contribution in [3.8, 4) is 0 Å². The quantitative estimate of drug-likeness (QED) is 0.648. The van der Waals surface area contributed by atoms with Gasteiger partial charge in [-0.2, -0.15) is 12.6 Å². The number of thiol groups is 1. The number of carboxylic acid groups (broad SMARTS) is 1. The molecule has 0 aromatic carbocycles. The SMILES string of the molecule is CC(=O)NC(C(=O)N1CCC[C@H]1C(=O)O)C(C)(C)S. The van der Waals surface area contributed by atoms with Crippen LogP contribution in [0.3, 0.4) is 0 Å². The van der Waals surface area contributed by atoms with E-state index in [2.05, 4.69) is 17.9 Å². The van der Waals surface area contributed by atoms with Gasteiger partial charge in [-0.15, -0.1) is 0 Å². The molecular weight excluding hydrogens is 268 g/mol. The highest BCUT2D eigenvalue weighted by molar-refractivity contribution is 7.81. The number of nitrogens with zero attached hydrogens (tertiary/aromatic N) is 1. The van der Waals surface area contributed by atoms with Crippen LogP contribution >= 0.6 is 12.6 Å². The van der Waals surface area contributed by atoms with Gasteiger partial charge < -0.3 is 15.3 Å². The first kappa shape index (κ1) is 15.8. The number of rotatable bonds is 4. The molecule has 0 radical (unpaired) electrons. The zero-order chi connectivity index (χ0) is 14.8. The van der Waals surface area contributed by atoms with Gasteiger partial charge >= 0.3 is 5.97 Å². The van der Waals surface area contributed by atoms with Crippen molar-refractivity contribution in [1.29, 1.82) is 0 Å². The lowest BCUT2D eigenvalue weighted by Crippen LogP contribution is -2.58. The zero-order valence-corrected chi connectivity index (χ0v) is 12.2. The summed E-state index contributed by atoms with van der Waals surface area (Å²) >= 11 is 4.33. The van der Waals surface area contributed by atoms with Gasteiger partial charge in [-0.1, -0.05) is 0 Å². The first-order valence-corrected chi connectivity index (χ1v) is 6.62. The fourth-order valence-electron chi connectivity index (χ4n) is 2.20. The number of hydrogen-bond acceptors (Lipinski definition) is 4. The number of aliphatic carboxylic acids is 1. The van der Waals surface area contributed by atoms with E-state index in [1.807, 2.05) is 0 Å². The van der Waals surface area contributed by atoms with Gasteiger partial charge in [0.15, 0.2) is 0 Å². The number of amides is 2. The Bertz CT molecular complexity index is 392. The van der Waals surface area contributed by atoms with Crippen molar-refractivity contribution >= 4 is 30.4 Å². The highest BCUT2D eigenvalue weighted by atomic mass is 32.1. The molecule has 2 N–H and O–H groups in total. The predicted molar refractivity (Wildman–Crippen MR) is 73.0 cm³/mol. The van der Waals surface area contributed by atoms with Gasteiger partial charge in [0.1, 0.15) is 12.1 Å². The summed E-state index contributed by atoms with van der Waals surface area (Å²) < 4.78 is -0.769. The summed E-state index contributed by atoms with van der Waals surface area (Å²) in [6, 6.07) is -1.65. The van der Waals surface area contributed by atoms with Crippen molar-refractivity contribution in [3.05, 3.63) is 0 Å². The molecule has 1 fully saturated rings. The highest BCUT2D eigenvalue weighted by Gasteiger charge is 2.41. The molecule has 2 amide bonds. The first-order valence-electron chi connectivity index (χ1n) is 6.17. The highest BCUT2D eigenvalue weighted by Crippen LogP contribution is 2.24. The normalized spacial score (nSPS) is 21.1. The lowest BCUT2D eigenvalue weighted by Gasteiger charge is -2.33. The minimum Gasteiger partial charge on any atom is -0.480 e. The third-order valence-corrected chi connectivity index (χ3v) is 3.38. The van der Waals surface area contributed by atoms with E-state index in [1.165, 1.54) is 11.8 Å². The molecule has 1 aliphatic rings. The van der Waals surface area contributed by atoms with Crippen LogP contribution in [0.2, 0.25) is 0 Å². The van der Waals surface area contributed by atoms with Gasteiger partial charge in [-0.3, -0.25) is 9.59 Å². The Kier molecular flexibility index (Phi) is 4.84. The van der Waals surface area contributed by atoms with Crippen LogP contribution < -0.4 is 5.32 Å². The Balaban J connectivity index is 2.93. The number of carboxylic acids is 1. The molecule has 108 valence electrons. The average molecular weight is 288 g/mol. The molecule has 0 aromatic heterocycles. The van der Waals surface area contributed by atoms with Crippen molar-refractivity contribution in [3.63, 3.8) is 0 Å². The summed E-state index contributed by atoms with van der Waals surface area (Å²) in [6.07, 6.45) is 1.10. The van der Waals surface area contributed by atoms with Crippen LogP contribution in [0.25, 0.3) is 0 Å². The summed E-state index contributed by atoms with van der Waals surface area (Å²) in [4.78, 5) is 36.1. The van der Waals surface area contributed by atoms with Crippen molar-refractivity contribution < 1.29 is 19.5 Å². The Hall–Kier alpha value is -1.24. The Morgan fingerprint density at radius 2 is 2.00 bits per heavy atom. The molecule has 19 heavy (non-hydrogen) atoms. The third kappa shape index (κ3) is 3.86. The van der Waals surface area contributed by atoms with E-state index >= 15 is 0 Å². The van der Waals surface area contributed by atoms with E-state index in [0.717, 1.165) is 0 Å². The molecule has 1 rings (SSSR count). The lowest BCUT2D eigenvalue weighted by atomic mass is 10.0. The maximum atomic E-state index is 12.4. The van der Waals surface area contributed by atoms with Crippen LogP contribution in [0.5, 0.6) is 0 Å². The number of carbonyl (C=O) groups excluding carboxylic acids is 2. The summed E-state index contributed by atoms with van der Waals surface area (Å²) in [6.45, 7) is 5.13. The molecule has 0 aromatic rings. The second-order valence-corrected chi connectivity index (χ2v) is 6.47. The van der Waals surface area contributed by atoms with Gasteiger partial charge in [0, 0.05) is 18.2 Å². The fourth-order valence-corrected chi connectivity index (χ4v) is 2.37. The zero-order valence-electron chi connectivity index (χ0n) is 11.3. The number of hydrogen-bond donors (Lipinski definition) is 3. The number of carbonyl (C=O) groups is 3. The van der Waals surface area contributed by atoms with E-state index < -0.39 is 22.8 Å². The van der Waals surface area contributed by atoms with Crippen LogP contribution in [0.1, 0.15) is 33.6 Å². The maximum absolute atomic E-state index is 12.4. The predicted octanol–water partition coefficient (Wildman–Crippen LogP) is 0.275. The number of nitrogens with one attached hydrogen (secondary N) is 1. The third-order valence-electron chi connectivity index (χ3n) is 3.12. The Morgan fingerprint density at radius 3 is 2.42 bits per heavy atom. The standard InChI is InChI=1S/C12H20N2O4S/c1-7(15)13-9(12(2,3)19)10(16)14-6-4-5-8(14)11(17)18/h8-9,19H,4-6H2,1-3H3,(H,13,15)(H,17,18)/t8-,9?/m0/s1. The van der Waals surface area contributed by atoms with E-state index in [0.29, 0.717) is 19.4 Å². The van der Waals surface area contributed by atoms with Crippen molar-refractivity contribution in [1.82, 2.24) is 10.2 Å². The van der Waals surface area contributed by atoms with Crippen LogP contribution in [-0.4, -0.2) is 51.2 Å². The van der Waals surface area contributed by atoms with E-state index in [4.69, 9.17) is 5.11 Å². The minimum absolute atomic E-state index is 0.341. The second-order valence-electron chi connectivity index (χ2n) is 5.32. The summed E-state index contributed by atoms with van der Waals surface area (Å²) in [5.41, 5.74) is 0. The molecule has 1 heterocycles. The van der Waals surface area contributed by atoms with E-state index in [9.17, 15) is 14.4 Å². The Labute approximate surface area is 117 Å². The smallest absolute Gasteiger partial charge is 0.326 e. The topological polar surface area (TPSA) is 86.7 Å². The van der Waals surface area contributed by atoms with Crippen molar-refractivity contribution in [2.45, 2.75) is 50.4 Å². The van der Waals surface area contributed by atoms with Gasteiger partial charge in [0.05, 0.1) is 0 Å². The van der Waals surface area contributed by atoms with Crippen LogP contribution in [0.4, 0.5) is 0 Å². The number of likely N-dealkylation sites (tertiary alicyclic amines) is 1. The average Bonchev–Trinajstić information content (AvgIpc) is 2.71. The molecule has 1 unspecified atom stereocenters. The van der Waals surface area contributed by atoms with Crippen LogP contribution in [0, 0.1) is 0 Å². The van der Waals surface area contributed by atoms with Gasteiger partial charge in [0.2, 0.25) is 11.8 Å². The maximum Gasteiger partial charge on any atom is 0.326 e. The molecule has 0 aliphatic carbocycles. The van der Waals surface area contributed by atoms with E-state index in [1.54, 1.807) is 13.8 Å². The summed E-state index contributed by atoms with van der Waals surface area (Å²) in [7, 11) is 0. The van der Waals surface area contributed by atoms with E-state index in [-0.39, 0.29) is 11.8 Å². The first-order chi connectivity index (χ1) is 8.64. The summed E-state index contributed by atoms with van der Waals surface area (Å²) in [5, 5.41) is 11.7. The molecule has 0 saturated carbocycles. The summed E-state index contributed by atoms with van der Waals surface area (Å²) in [5.74, 6) is -1.74. The minimum atomic E-state index is -1.01. The largest absolute Gasteiger partial charge is 0.480 e. The van der Waals surface area contributed by atoms with Gasteiger partial charge in [-0.25, -0.2) is 4.79 Å². The van der Waals surface area contributed by atoms with Crippen molar-refractivity contribution in [2.75, 3.05) is 6.54 Å². The monoisotopic (exact) mass is 288 g/mol. The van der Waals surface area contributed by atoms with Gasteiger partial charge in [0.25, 0.3) is 0 Å². The van der Waals surface area contributed by atoms with Crippen LogP contribution in [-0.2, 0) is 14.4 Å². The fraction of sp³-hybridized carbons (Fsp3) is 0.750. The second kappa shape index (κ2) is 5.81. The molecule has 6 nitrogen and oxygen atoms in total. The molecular formula is C12H20N2O4S. The lowest BCUT2D eigenvalue weighted by molar-refractivity contribution is -0.149. The molecule has 0 bridgehead atoms. The molecule has 0 spiro atoms. The molecule has 1 aliphatic heterocycles. The molecule has 1 saturated heterocycles. The van der Waals surface area contributed by atoms with Gasteiger partial charge in [-0.05, 0) is 26.7 Å². The Morgan fingerprint density at radius 1 is 1.42 bits per heavy atom. The van der Waals surface area contributed by atoms with Crippen LogP contribution in [0.15, 0.2) is 0 Å². The van der Waals surface area contributed by atoms with Crippen molar-refractivity contribution in [2.24, 2.45) is 0 Å². The molecule has 7 heteroatoms.